The zero-order chi connectivity index (χ0) is 26.0. The van der Waals surface area contributed by atoms with Crippen molar-refractivity contribution in [2.24, 2.45) is 11.7 Å². The lowest BCUT2D eigenvalue weighted by molar-refractivity contribution is -0.158. The minimum atomic E-state index is -2.55. The lowest BCUT2D eigenvalue weighted by Gasteiger charge is -2.36. The van der Waals surface area contributed by atoms with E-state index in [1.54, 1.807) is 37.3 Å². The largest absolute Gasteiger partial charge is 0.398 e. The smallest absolute Gasteiger partial charge is 0.271 e. The summed E-state index contributed by atoms with van der Waals surface area (Å²) in [5.74, 6) is -2.41. The molecule has 6 N–H and O–H groups in total. The topological polar surface area (TPSA) is 139 Å². The third-order valence-electron chi connectivity index (χ3n) is 6.06. The molecule has 3 rings (SSSR count). The first-order chi connectivity index (χ1) is 16.3. The van der Waals surface area contributed by atoms with Crippen molar-refractivity contribution in [2.75, 3.05) is 17.4 Å². The maximum absolute atomic E-state index is 13.7. The van der Waals surface area contributed by atoms with E-state index in [1.165, 1.54) is 16.7 Å². The van der Waals surface area contributed by atoms with Crippen LogP contribution in [0, 0.1) is 12.8 Å². The number of nitrogens with two attached hydrogens (primary N) is 2. The molecule has 1 unspecified atom stereocenters. The average Bonchev–Trinajstić information content (AvgIpc) is 3.28. The highest BCUT2D eigenvalue weighted by Crippen LogP contribution is 2.31. The molecule has 1 aliphatic heterocycles. The van der Waals surface area contributed by atoms with E-state index in [0.717, 1.165) is 5.56 Å². The molecule has 0 radical (unpaired) electrons. The van der Waals surface area contributed by atoms with E-state index in [2.05, 4.69) is 5.32 Å². The van der Waals surface area contributed by atoms with Gasteiger partial charge in [-0.2, -0.15) is 0 Å². The van der Waals surface area contributed by atoms with Gasteiger partial charge in [0.25, 0.3) is 5.91 Å². The molecule has 188 valence electrons. The van der Waals surface area contributed by atoms with E-state index in [-0.39, 0.29) is 18.2 Å². The third kappa shape index (κ3) is 6.04. The zero-order valence-corrected chi connectivity index (χ0v) is 21.4. The van der Waals surface area contributed by atoms with Gasteiger partial charge in [-0.1, -0.05) is 42.5 Å². The van der Waals surface area contributed by atoms with Crippen LogP contribution in [0.4, 0.5) is 5.69 Å². The Hall–Kier alpha value is -2.88. The van der Waals surface area contributed by atoms with Crippen molar-refractivity contribution in [2.45, 2.75) is 51.4 Å². The summed E-state index contributed by atoms with van der Waals surface area (Å²) in [6, 6.07) is 13.2. The first kappa shape index (κ1) is 26.7. The summed E-state index contributed by atoms with van der Waals surface area (Å²) in [7, 11) is 0. The van der Waals surface area contributed by atoms with Crippen molar-refractivity contribution >= 4 is 35.0 Å². The molecule has 0 aliphatic carbocycles. The average molecular weight is 499 g/mol. The molecule has 9 heteroatoms. The Morgan fingerprint density at radius 3 is 2.43 bits per heavy atom. The number of nitrogens with one attached hydrogen (secondary N) is 1. The maximum Gasteiger partial charge on any atom is 0.271 e. The van der Waals surface area contributed by atoms with E-state index in [9.17, 15) is 19.5 Å². The number of ketones is 1. The first-order valence-corrected chi connectivity index (χ1v) is 12.6. The summed E-state index contributed by atoms with van der Waals surface area (Å²) in [6.45, 7) is 7.26. The summed E-state index contributed by atoms with van der Waals surface area (Å²) in [5.41, 5.74) is 11.3. The van der Waals surface area contributed by atoms with E-state index in [4.69, 9.17) is 11.5 Å². The van der Waals surface area contributed by atoms with Crippen LogP contribution in [0.25, 0.3) is 0 Å². The van der Waals surface area contributed by atoms with Gasteiger partial charge in [-0.15, -0.1) is 11.8 Å². The molecule has 1 fully saturated rings. The summed E-state index contributed by atoms with van der Waals surface area (Å²) in [6.07, 6.45) is 0.0342. The van der Waals surface area contributed by atoms with Gasteiger partial charge >= 0.3 is 0 Å². The Labute approximate surface area is 210 Å². The number of Topliss-reactive ketones (excluding diaryl/α,β-unsaturated/α-hetero) is 1. The quantitative estimate of drug-likeness (QED) is 0.260. The van der Waals surface area contributed by atoms with Crippen molar-refractivity contribution < 1.29 is 19.5 Å². The predicted octanol–water partition coefficient (Wildman–Crippen LogP) is 2.08. The van der Waals surface area contributed by atoms with E-state index >= 15 is 0 Å². The van der Waals surface area contributed by atoms with E-state index in [0.29, 0.717) is 22.6 Å². The van der Waals surface area contributed by atoms with Crippen LogP contribution < -0.4 is 16.8 Å². The molecular weight excluding hydrogens is 464 g/mol. The SMILES string of the molecule is Cc1c(N)cccc1C(=O)[C@@H](Cc1ccccc1)[C@](N)(O)C(=O)N1CSCC1C(=O)NC(C)(C)C. The normalized spacial score (nSPS) is 18.6. The van der Waals surface area contributed by atoms with Crippen LogP contribution in [-0.4, -0.2) is 56.5 Å². The van der Waals surface area contributed by atoms with Crippen molar-refractivity contribution in [1.29, 1.82) is 0 Å². The second kappa shape index (κ2) is 10.4. The van der Waals surface area contributed by atoms with Gasteiger partial charge in [0.15, 0.2) is 5.78 Å². The van der Waals surface area contributed by atoms with Crippen molar-refractivity contribution in [3.05, 3.63) is 65.2 Å². The summed E-state index contributed by atoms with van der Waals surface area (Å²) < 4.78 is 0. The minimum absolute atomic E-state index is 0.0342. The number of anilines is 1. The van der Waals surface area contributed by atoms with Gasteiger partial charge < -0.3 is 21.1 Å². The van der Waals surface area contributed by atoms with Gasteiger partial charge in [0.05, 0.1) is 11.8 Å². The second-order valence-corrected chi connectivity index (χ2v) is 11.0. The number of rotatable bonds is 7. The van der Waals surface area contributed by atoms with Crippen LogP contribution in [0.2, 0.25) is 0 Å². The number of carbonyl (C=O) groups excluding carboxylic acids is 3. The molecule has 0 saturated carbocycles. The molecule has 0 aromatic heterocycles. The monoisotopic (exact) mass is 498 g/mol. The fourth-order valence-electron chi connectivity index (χ4n) is 4.10. The number of carbonyl (C=O) groups is 3. The molecular formula is C26H34N4O4S. The van der Waals surface area contributed by atoms with Crippen molar-refractivity contribution in [3.8, 4) is 0 Å². The van der Waals surface area contributed by atoms with Crippen LogP contribution in [-0.2, 0) is 16.0 Å². The molecule has 2 aromatic carbocycles. The molecule has 8 nitrogen and oxygen atoms in total. The summed E-state index contributed by atoms with van der Waals surface area (Å²) in [4.78, 5) is 41.5. The third-order valence-corrected chi connectivity index (χ3v) is 7.07. The van der Waals surface area contributed by atoms with Crippen LogP contribution >= 0.6 is 11.8 Å². The number of nitrogens with zero attached hydrogens (tertiary/aromatic N) is 1. The Bertz CT molecular complexity index is 1100. The first-order valence-electron chi connectivity index (χ1n) is 11.5. The second-order valence-electron chi connectivity index (χ2n) is 9.98. The molecule has 0 spiro atoms. The van der Waals surface area contributed by atoms with Gasteiger partial charge in [0.2, 0.25) is 11.6 Å². The molecule has 1 saturated heterocycles. The fourth-order valence-corrected chi connectivity index (χ4v) is 5.25. The number of thioether (sulfide) groups is 1. The zero-order valence-electron chi connectivity index (χ0n) is 20.6. The molecule has 2 amide bonds. The van der Waals surface area contributed by atoms with Gasteiger partial charge in [0, 0.05) is 22.5 Å². The lowest BCUT2D eigenvalue weighted by Crippen LogP contribution is -2.64. The van der Waals surface area contributed by atoms with Gasteiger partial charge in [-0.05, 0) is 51.3 Å². The number of amides is 2. The lowest BCUT2D eigenvalue weighted by atomic mass is 9.81. The minimum Gasteiger partial charge on any atom is -0.398 e. The highest BCUT2D eigenvalue weighted by molar-refractivity contribution is 7.99. The number of hydrogen-bond donors (Lipinski definition) is 4. The Morgan fingerprint density at radius 1 is 1.14 bits per heavy atom. The molecule has 2 aromatic rings. The highest BCUT2D eigenvalue weighted by Gasteiger charge is 2.50. The number of hydrogen-bond acceptors (Lipinski definition) is 7. The Kier molecular flexibility index (Phi) is 7.93. The van der Waals surface area contributed by atoms with Crippen molar-refractivity contribution in [1.82, 2.24) is 10.2 Å². The molecule has 35 heavy (non-hydrogen) atoms. The van der Waals surface area contributed by atoms with Crippen LogP contribution in [0.1, 0.15) is 42.3 Å². The highest BCUT2D eigenvalue weighted by atomic mass is 32.2. The van der Waals surface area contributed by atoms with Crippen LogP contribution in [0.3, 0.4) is 0 Å². The predicted molar refractivity (Wildman–Crippen MR) is 139 cm³/mol. The molecule has 3 atom stereocenters. The number of benzene rings is 2. The standard InChI is InChI=1S/C26H34N4O4S/c1-16-18(11-8-12-20(16)27)22(31)19(13-17-9-6-5-7-10-17)26(28,34)24(33)30-15-35-14-21(30)23(32)29-25(2,3)4/h5-12,19,21,34H,13-15,27-28H2,1-4H3,(H,29,32)/t19-,21?,26+/m1/s1. The van der Waals surface area contributed by atoms with Gasteiger partial charge in [-0.3, -0.25) is 20.1 Å². The summed E-state index contributed by atoms with van der Waals surface area (Å²) in [5, 5.41) is 14.4. The molecule has 1 aliphatic rings. The van der Waals surface area contributed by atoms with Crippen LogP contribution in [0.5, 0.6) is 0 Å². The Balaban J connectivity index is 1.97. The number of aliphatic hydroxyl groups is 1. The Morgan fingerprint density at radius 2 is 1.80 bits per heavy atom. The summed E-state index contributed by atoms with van der Waals surface area (Å²) >= 11 is 1.39. The maximum atomic E-state index is 13.7. The number of nitrogen functional groups attached to an aromatic ring is 1. The van der Waals surface area contributed by atoms with Gasteiger partial charge in [-0.25, -0.2) is 0 Å². The van der Waals surface area contributed by atoms with Crippen LogP contribution in [0.15, 0.2) is 48.5 Å². The van der Waals surface area contributed by atoms with E-state index in [1.807, 2.05) is 39.0 Å². The van der Waals surface area contributed by atoms with Gasteiger partial charge in [0.1, 0.15) is 6.04 Å². The fraction of sp³-hybridized carbons (Fsp3) is 0.423. The molecule has 0 bridgehead atoms. The van der Waals surface area contributed by atoms with E-state index < -0.39 is 34.9 Å². The molecule has 1 heterocycles. The van der Waals surface area contributed by atoms with Crippen molar-refractivity contribution in [3.63, 3.8) is 0 Å².